The monoisotopic (exact) mass is 422 g/mol. The number of amides is 2. The average Bonchev–Trinajstić information content (AvgIpc) is 3.20. The smallest absolute Gasteiger partial charge is 0.338 e. The quantitative estimate of drug-likeness (QED) is 0.739. The summed E-state index contributed by atoms with van der Waals surface area (Å²) in [6.07, 6.45) is -1.49. The van der Waals surface area contributed by atoms with Gasteiger partial charge in [-0.2, -0.15) is 0 Å². The third kappa shape index (κ3) is 4.96. The van der Waals surface area contributed by atoms with Crippen LogP contribution in [0.1, 0.15) is 44.0 Å². The largest absolute Gasteiger partial charge is 0.458 e. The van der Waals surface area contributed by atoms with E-state index in [4.69, 9.17) is 9.47 Å². The van der Waals surface area contributed by atoms with Gasteiger partial charge in [0.15, 0.2) is 12.2 Å². The molecule has 30 heavy (non-hydrogen) atoms. The van der Waals surface area contributed by atoms with E-state index in [1.807, 2.05) is 0 Å². The Bertz CT molecular complexity index is 831. The maximum absolute atomic E-state index is 14.3. The molecule has 0 aromatic heterocycles. The summed E-state index contributed by atoms with van der Waals surface area (Å²) in [6.45, 7) is 6.27. The van der Waals surface area contributed by atoms with E-state index in [1.165, 1.54) is 11.0 Å². The second kappa shape index (κ2) is 8.69. The molecule has 2 atom stereocenters. The molecule has 9 heteroatoms. The fourth-order valence-corrected chi connectivity index (χ4v) is 3.53. The van der Waals surface area contributed by atoms with Crippen molar-refractivity contribution in [2.45, 2.75) is 51.4 Å². The summed E-state index contributed by atoms with van der Waals surface area (Å²) < 4.78 is 24.7. The fourth-order valence-electron chi connectivity index (χ4n) is 3.53. The van der Waals surface area contributed by atoms with E-state index in [0.717, 1.165) is 25.0 Å². The number of hydrogen-bond acceptors (Lipinski definition) is 6. The molecular formula is C21H27FN2O6. The first kappa shape index (κ1) is 22.2. The van der Waals surface area contributed by atoms with Crippen LogP contribution in [0.5, 0.6) is 0 Å². The van der Waals surface area contributed by atoms with Gasteiger partial charge in [0.25, 0.3) is 11.8 Å². The van der Waals surface area contributed by atoms with E-state index in [-0.39, 0.29) is 30.3 Å². The van der Waals surface area contributed by atoms with Gasteiger partial charge in [0.2, 0.25) is 0 Å². The zero-order valence-corrected chi connectivity index (χ0v) is 17.4. The number of benzene rings is 1. The molecule has 2 heterocycles. The highest BCUT2D eigenvalue weighted by molar-refractivity contribution is 6.02. The standard InChI is InChI=1S/C21H27FN2O6/c1-21(2,3)30-20(28)16(25)17-19(27)24(8-9-29-17)15-11-13(10-14(22)12-15)18(26)23-6-4-5-7-23/h10-12,16-17,25H,4-9H2,1-3H3/t16-,17-/m1/s1. The van der Waals surface area contributed by atoms with Crippen molar-refractivity contribution in [2.75, 3.05) is 31.1 Å². The van der Waals surface area contributed by atoms with Crippen LogP contribution in [0.4, 0.5) is 10.1 Å². The Morgan fingerprint density at radius 1 is 1.20 bits per heavy atom. The molecule has 2 aliphatic heterocycles. The summed E-state index contributed by atoms with van der Waals surface area (Å²) in [5.74, 6) is -2.63. The molecule has 1 N–H and O–H groups in total. The maximum atomic E-state index is 14.3. The number of carbonyl (C=O) groups excluding carboxylic acids is 3. The van der Waals surface area contributed by atoms with E-state index >= 15 is 0 Å². The lowest BCUT2D eigenvalue weighted by molar-refractivity contribution is -0.177. The molecule has 0 unspecified atom stereocenters. The van der Waals surface area contributed by atoms with Gasteiger partial charge in [0.05, 0.1) is 6.61 Å². The molecule has 0 radical (unpaired) electrons. The topological polar surface area (TPSA) is 96.4 Å². The van der Waals surface area contributed by atoms with Crippen LogP contribution in [-0.4, -0.2) is 71.8 Å². The van der Waals surface area contributed by atoms with Crippen LogP contribution in [0.25, 0.3) is 0 Å². The number of hydrogen-bond donors (Lipinski definition) is 1. The van der Waals surface area contributed by atoms with E-state index in [9.17, 15) is 23.9 Å². The van der Waals surface area contributed by atoms with Crippen LogP contribution in [0.2, 0.25) is 0 Å². The molecule has 3 rings (SSSR count). The van der Waals surface area contributed by atoms with Crippen molar-refractivity contribution in [1.29, 1.82) is 0 Å². The minimum absolute atomic E-state index is 0.0299. The average molecular weight is 422 g/mol. The molecule has 2 aliphatic rings. The van der Waals surface area contributed by atoms with Crippen molar-refractivity contribution in [2.24, 2.45) is 0 Å². The summed E-state index contributed by atoms with van der Waals surface area (Å²) in [4.78, 5) is 40.6. The van der Waals surface area contributed by atoms with Gasteiger partial charge in [-0.15, -0.1) is 0 Å². The molecule has 2 fully saturated rings. The van der Waals surface area contributed by atoms with Gasteiger partial charge >= 0.3 is 5.97 Å². The molecule has 164 valence electrons. The molecule has 1 aromatic rings. The van der Waals surface area contributed by atoms with Crippen molar-refractivity contribution in [3.63, 3.8) is 0 Å². The van der Waals surface area contributed by atoms with Crippen LogP contribution in [0.15, 0.2) is 18.2 Å². The van der Waals surface area contributed by atoms with Gasteiger partial charge in [0, 0.05) is 30.9 Å². The molecule has 2 amide bonds. The van der Waals surface area contributed by atoms with Crippen molar-refractivity contribution in [1.82, 2.24) is 4.90 Å². The Balaban J connectivity index is 1.80. The number of ether oxygens (including phenoxy) is 2. The second-order valence-corrected chi connectivity index (χ2v) is 8.46. The molecule has 0 bridgehead atoms. The summed E-state index contributed by atoms with van der Waals surface area (Å²) in [5, 5.41) is 10.3. The van der Waals surface area contributed by atoms with E-state index < -0.39 is 35.5 Å². The minimum atomic E-state index is -1.82. The Morgan fingerprint density at radius 3 is 2.50 bits per heavy atom. The maximum Gasteiger partial charge on any atom is 0.338 e. The highest BCUT2D eigenvalue weighted by Crippen LogP contribution is 2.25. The lowest BCUT2D eigenvalue weighted by atomic mass is 10.1. The normalized spacial score (nSPS) is 21.0. The minimum Gasteiger partial charge on any atom is -0.458 e. The lowest BCUT2D eigenvalue weighted by Crippen LogP contribution is -2.55. The third-order valence-electron chi connectivity index (χ3n) is 4.89. The van der Waals surface area contributed by atoms with E-state index in [1.54, 1.807) is 25.7 Å². The number of rotatable bonds is 4. The second-order valence-electron chi connectivity index (χ2n) is 8.46. The molecule has 1 aromatic carbocycles. The number of anilines is 1. The molecule has 8 nitrogen and oxygen atoms in total. The Labute approximate surface area is 174 Å². The van der Waals surface area contributed by atoms with Gasteiger partial charge < -0.3 is 24.4 Å². The first-order valence-corrected chi connectivity index (χ1v) is 10.0. The molecule has 0 spiro atoms. The molecule has 2 saturated heterocycles. The molecular weight excluding hydrogens is 395 g/mol. The van der Waals surface area contributed by atoms with Crippen molar-refractivity contribution < 1.29 is 33.4 Å². The SMILES string of the molecule is CC(C)(C)OC(=O)[C@H](O)[C@H]1OCCN(c2cc(F)cc(C(=O)N3CCCC3)c2)C1=O. The van der Waals surface area contributed by atoms with Gasteiger partial charge in [-0.05, 0) is 51.8 Å². The number of nitrogens with zero attached hydrogens (tertiary/aromatic N) is 2. The van der Waals surface area contributed by atoms with E-state index in [2.05, 4.69) is 0 Å². The fraction of sp³-hybridized carbons (Fsp3) is 0.571. The number of morpholine rings is 1. The van der Waals surface area contributed by atoms with Crippen LogP contribution < -0.4 is 4.90 Å². The van der Waals surface area contributed by atoms with Gasteiger partial charge in [0.1, 0.15) is 11.4 Å². The number of aliphatic hydroxyl groups is 1. The number of esters is 1. The molecule has 0 saturated carbocycles. The zero-order valence-electron chi connectivity index (χ0n) is 17.4. The van der Waals surface area contributed by atoms with Crippen molar-refractivity contribution in [3.05, 3.63) is 29.6 Å². The van der Waals surface area contributed by atoms with Crippen LogP contribution in [0.3, 0.4) is 0 Å². The Morgan fingerprint density at radius 2 is 1.87 bits per heavy atom. The molecule has 0 aliphatic carbocycles. The van der Waals surface area contributed by atoms with E-state index in [0.29, 0.717) is 13.1 Å². The first-order valence-electron chi connectivity index (χ1n) is 10.0. The summed E-state index contributed by atoms with van der Waals surface area (Å²) in [7, 11) is 0. The lowest BCUT2D eigenvalue weighted by Gasteiger charge is -2.34. The highest BCUT2D eigenvalue weighted by Gasteiger charge is 2.41. The predicted octanol–water partition coefficient (Wildman–Crippen LogP) is 1.50. The summed E-state index contributed by atoms with van der Waals surface area (Å²) >= 11 is 0. The Kier molecular flexibility index (Phi) is 6.42. The van der Waals surface area contributed by atoms with Crippen molar-refractivity contribution in [3.8, 4) is 0 Å². The highest BCUT2D eigenvalue weighted by atomic mass is 19.1. The van der Waals surface area contributed by atoms with Gasteiger partial charge in [-0.3, -0.25) is 9.59 Å². The number of likely N-dealkylation sites (tertiary alicyclic amines) is 1. The van der Waals surface area contributed by atoms with Crippen molar-refractivity contribution >= 4 is 23.5 Å². The van der Waals surface area contributed by atoms with Crippen LogP contribution in [-0.2, 0) is 19.1 Å². The zero-order chi connectivity index (χ0) is 22.1. The van der Waals surface area contributed by atoms with Gasteiger partial charge in [-0.1, -0.05) is 0 Å². The number of aliphatic hydroxyl groups excluding tert-OH is 1. The summed E-state index contributed by atoms with van der Waals surface area (Å²) in [6, 6.07) is 3.73. The van der Waals surface area contributed by atoms with Gasteiger partial charge in [-0.25, -0.2) is 9.18 Å². The predicted molar refractivity (Wildman–Crippen MR) is 105 cm³/mol. The number of carbonyl (C=O) groups is 3. The Hall–Kier alpha value is -2.52. The number of halogens is 1. The van der Waals surface area contributed by atoms with Crippen LogP contribution in [0, 0.1) is 5.82 Å². The van der Waals surface area contributed by atoms with Crippen LogP contribution >= 0.6 is 0 Å². The first-order chi connectivity index (χ1) is 14.1. The summed E-state index contributed by atoms with van der Waals surface area (Å²) in [5.41, 5.74) is -0.522. The third-order valence-corrected chi connectivity index (χ3v) is 4.89.